The third kappa shape index (κ3) is 5.64. The molecule has 2 N–H and O–H groups in total. The van der Waals surface area contributed by atoms with E-state index < -0.39 is 0 Å². The van der Waals surface area contributed by atoms with E-state index in [2.05, 4.69) is 27.7 Å². The molecule has 0 aliphatic carbocycles. The van der Waals surface area contributed by atoms with Crippen molar-refractivity contribution < 1.29 is 24.4 Å². The Kier molecular flexibility index (Phi) is 7.86. The fourth-order valence-corrected chi connectivity index (χ4v) is 3.97. The molecule has 0 amide bonds. The van der Waals surface area contributed by atoms with Crippen LogP contribution in [0.3, 0.4) is 0 Å². The Morgan fingerprint density at radius 1 is 0.719 bits per heavy atom. The Hall–Kier alpha value is -2.08. The van der Waals surface area contributed by atoms with Gasteiger partial charge in [0.1, 0.15) is 11.5 Å². The molecular weight excluding hydrogens is 404 g/mol. The van der Waals surface area contributed by atoms with E-state index in [1.54, 1.807) is 24.3 Å². The number of hydrogen-bond acceptors (Lipinski definition) is 5. The van der Waals surface area contributed by atoms with Crippen LogP contribution in [-0.4, -0.2) is 49.9 Å². The van der Waals surface area contributed by atoms with Crippen molar-refractivity contribution >= 4 is 0 Å². The average molecular weight is 443 g/mol. The molecule has 32 heavy (non-hydrogen) atoms. The van der Waals surface area contributed by atoms with Crippen LogP contribution < -0.4 is 0 Å². The number of phenolic OH excluding ortho intramolecular Hbond substituents is 2. The summed E-state index contributed by atoms with van der Waals surface area (Å²) < 4.78 is 16.4. The van der Waals surface area contributed by atoms with Gasteiger partial charge in [-0.15, -0.1) is 0 Å². The molecule has 0 aromatic heterocycles. The molecule has 2 fully saturated rings. The van der Waals surface area contributed by atoms with Crippen molar-refractivity contribution in [1.82, 2.24) is 0 Å². The van der Waals surface area contributed by atoms with Crippen molar-refractivity contribution in [2.45, 2.75) is 46.0 Å². The molecule has 2 aliphatic rings. The molecule has 0 unspecified atom stereocenters. The van der Waals surface area contributed by atoms with Gasteiger partial charge in [-0.25, -0.2) is 0 Å². The lowest BCUT2D eigenvalue weighted by Crippen LogP contribution is -2.49. The molecule has 0 radical (unpaired) electrons. The summed E-state index contributed by atoms with van der Waals surface area (Å²) in [6.45, 7) is 13.9. The Morgan fingerprint density at radius 2 is 1.06 bits per heavy atom. The highest BCUT2D eigenvalue weighted by Crippen LogP contribution is 2.35. The summed E-state index contributed by atoms with van der Waals surface area (Å²) in [5.41, 5.74) is 2.74. The van der Waals surface area contributed by atoms with Gasteiger partial charge in [-0.3, -0.25) is 0 Å². The van der Waals surface area contributed by atoms with Gasteiger partial charge in [-0.1, -0.05) is 52.0 Å². The van der Waals surface area contributed by atoms with Gasteiger partial charge in [0.05, 0.1) is 39.6 Å². The second-order valence-electron chi connectivity index (χ2n) is 9.90. The maximum absolute atomic E-state index is 9.30. The highest BCUT2D eigenvalue weighted by Gasteiger charge is 2.40. The minimum absolute atomic E-state index is 0.151. The zero-order valence-electron chi connectivity index (χ0n) is 19.9. The lowest BCUT2D eigenvalue weighted by Gasteiger charge is -2.44. The van der Waals surface area contributed by atoms with Crippen LogP contribution >= 0.6 is 0 Å². The van der Waals surface area contributed by atoms with E-state index in [4.69, 9.17) is 14.2 Å². The minimum atomic E-state index is -0.151. The normalized spacial score (nSPS) is 18.6. The zero-order valence-corrected chi connectivity index (χ0v) is 19.9. The summed E-state index contributed by atoms with van der Waals surface area (Å²) in [5, 5.41) is 18.6. The van der Waals surface area contributed by atoms with E-state index in [0.717, 1.165) is 63.6 Å². The van der Waals surface area contributed by atoms with Gasteiger partial charge in [-0.05, 0) is 48.2 Å². The molecule has 0 bridgehead atoms. The van der Waals surface area contributed by atoms with Gasteiger partial charge in [0.15, 0.2) is 0 Å². The summed E-state index contributed by atoms with van der Waals surface area (Å²) >= 11 is 0. The van der Waals surface area contributed by atoms with Gasteiger partial charge in [0, 0.05) is 16.2 Å². The molecule has 4 rings (SSSR count). The van der Waals surface area contributed by atoms with Crippen molar-refractivity contribution in [1.29, 1.82) is 0 Å². The molecular formula is C27H38O5. The van der Waals surface area contributed by atoms with E-state index in [-0.39, 0.29) is 16.9 Å². The van der Waals surface area contributed by atoms with Gasteiger partial charge >= 0.3 is 0 Å². The molecule has 2 aromatic rings. The molecule has 0 atom stereocenters. The SMILES string of the molecule is CC(C)(c1ccc(O)cc1)c1ccc(O)cc1.CCC1(COCC2(CC)COC2)COC1. The van der Waals surface area contributed by atoms with Crippen LogP contribution in [0.1, 0.15) is 51.7 Å². The summed E-state index contributed by atoms with van der Waals surface area (Å²) in [6, 6.07) is 14.4. The first-order chi connectivity index (χ1) is 15.2. The Morgan fingerprint density at radius 3 is 1.31 bits per heavy atom. The summed E-state index contributed by atoms with van der Waals surface area (Å²) in [6.07, 6.45) is 2.31. The first-order valence-electron chi connectivity index (χ1n) is 11.6. The molecule has 2 saturated heterocycles. The molecule has 176 valence electrons. The van der Waals surface area contributed by atoms with Crippen molar-refractivity contribution in [2.24, 2.45) is 10.8 Å². The van der Waals surface area contributed by atoms with E-state index in [1.165, 1.54) is 0 Å². The summed E-state index contributed by atoms with van der Waals surface area (Å²) in [7, 11) is 0. The lowest BCUT2D eigenvalue weighted by atomic mass is 9.78. The molecule has 0 spiro atoms. The number of benzene rings is 2. The molecule has 0 saturated carbocycles. The van der Waals surface area contributed by atoms with Crippen LogP contribution in [0.15, 0.2) is 48.5 Å². The van der Waals surface area contributed by atoms with E-state index >= 15 is 0 Å². The maximum Gasteiger partial charge on any atom is 0.115 e. The topological polar surface area (TPSA) is 68.2 Å². The van der Waals surface area contributed by atoms with Gasteiger partial charge in [0.25, 0.3) is 0 Å². The molecule has 2 aliphatic heterocycles. The van der Waals surface area contributed by atoms with Crippen LogP contribution in [-0.2, 0) is 19.6 Å². The second kappa shape index (κ2) is 10.2. The Bertz CT molecular complexity index is 753. The highest BCUT2D eigenvalue weighted by molar-refractivity contribution is 5.41. The predicted molar refractivity (Wildman–Crippen MR) is 126 cm³/mol. The van der Waals surface area contributed by atoms with Crippen LogP contribution in [0.25, 0.3) is 0 Å². The fraction of sp³-hybridized carbons (Fsp3) is 0.556. The highest BCUT2D eigenvalue weighted by atomic mass is 16.5. The van der Waals surface area contributed by atoms with Crippen LogP contribution in [0.2, 0.25) is 0 Å². The predicted octanol–water partition coefficient (Wildman–Crippen LogP) is 5.28. The minimum Gasteiger partial charge on any atom is -0.508 e. The Balaban J connectivity index is 0.000000182. The van der Waals surface area contributed by atoms with Crippen molar-refractivity contribution in [2.75, 3.05) is 39.6 Å². The molecule has 2 aromatic carbocycles. The Labute approximate surface area is 192 Å². The van der Waals surface area contributed by atoms with Crippen molar-refractivity contribution in [3.63, 3.8) is 0 Å². The monoisotopic (exact) mass is 442 g/mol. The third-order valence-corrected chi connectivity index (χ3v) is 7.13. The summed E-state index contributed by atoms with van der Waals surface area (Å²) in [4.78, 5) is 0. The van der Waals surface area contributed by atoms with E-state index in [1.807, 2.05) is 24.3 Å². The van der Waals surface area contributed by atoms with Crippen molar-refractivity contribution in [3.8, 4) is 11.5 Å². The van der Waals surface area contributed by atoms with Crippen LogP contribution in [0.5, 0.6) is 11.5 Å². The zero-order chi connectivity index (χ0) is 23.2. The van der Waals surface area contributed by atoms with Gasteiger partial charge in [0.2, 0.25) is 0 Å². The van der Waals surface area contributed by atoms with Crippen molar-refractivity contribution in [3.05, 3.63) is 59.7 Å². The largest absolute Gasteiger partial charge is 0.508 e. The maximum atomic E-state index is 9.30. The van der Waals surface area contributed by atoms with Crippen LogP contribution in [0.4, 0.5) is 0 Å². The van der Waals surface area contributed by atoms with Crippen LogP contribution in [0, 0.1) is 10.8 Å². The third-order valence-electron chi connectivity index (χ3n) is 7.13. The first-order valence-corrected chi connectivity index (χ1v) is 11.6. The van der Waals surface area contributed by atoms with E-state index in [0.29, 0.717) is 10.8 Å². The van der Waals surface area contributed by atoms with E-state index in [9.17, 15) is 10.2 Å². The summed E-state index contributed by atoms with van der Waals surface area (Å²) in [5.74, 6) is 0.547. The number of phenols is 2. The quantitative estimate of drug-likeness (QED) is 0.582. The number of rotatable bonds is 8. The van der Waals surface area contributed by atoms with Gasteiger partial charge < -0.3 is 24.4 Å². The second-order valence-corrected chi connectivity index (χ2v) is 9.90. The fourth-order valence-electron chi connectivity index (χ4n) is 3.97. The molecule has 5 nitrogen and oxygen atoms in total. The lowest BCUT2D eigenvalue weighted by molar-refractivity contribution is -0.187. The standard InChI is InChI=1S/C15H16O2.C12H22O3/c1-15(2,11-3-7-13(16)8-4-11)12-5-9-14(17)10-6-12;1-3-11(5-13-6-11)9-15-10-12(4-2)7-14-8-12/h3-10,16-17H,1-2H3;3-10H2,1-2H3. The average Bonchev–Trinajstić information content (AvgIpc) is 2.73. The smallest absolute Gasteiger partial charge is 0.115 e. The molecule has 2 heterocycles. The number of aromatic hydroxyl groups is 2. The first kappa shape index (κ1) is 24.6. The van der Waals surface area contributed by atoms with Gasteiger partial charge in [-0.2, -0.15) is 0 Å². The number of hydrogen-bond donors (Lipinski definition) is 2. The molecule has 5 heteroatoms. The number of ether oxygens (including phenoxy) is 3.